The number of H-pyrrole nitrogens is 1. The van der Waals surface area contributed by atoms with Gasteiger partial charge in [-0.15, -0.1) is 0 Å². The fraction of sp³-hybridized carbons (Fsp3) is 0.455. The van der Waals surface area contributed by atoms with Gasteiger partial charge in [-0.25, -0.2) is 13.1 Å². The zero-order valence-corrected chi connectivity index (χ0v) is 64.0. The standard InChI is InChI=1S/C77H103N13O14S2/c1-46-47(2)68(48(3)57-42-76(9,10)104-67(46)57)106(100,101)90-74(79)80-39-24-33-60(84-50(5)91)71(97)85-55(38-40-105-12)44-82-59(34-36-63(78)92)70(96)88-66(49(4)103-75(6,7)8)73(99)87-62(41-51-43-81-58-32-23-22-31-56(51)58)72(98)86-61(69(95)83-45-65(94)102-11)35-37-64(93)89-77(52-25-16-13-17-26-52,53-27-18-14-19-28-53)54-29-20-15-21-30-54/h13-23,25-32,43,49,55,59-62,66,81-82H,24,33-42,44-45H2,1-12H3,(H2,78,92)(H,83,95)(H,84,91)(H,85,97)(H,86,98)(H,87,99)(H,88,96)(H,89,93)(H3,79,80,90)/t49-,55+,59+,60-,61+,62+,66+/m1/s1. The van der Waals surface area contributed by atoms with Gasteiger partial charge in [0.25, 0.3) is 10.0 Å². The number of carbonyl (C=O) groups is 9. The van der Waals surface area contributed by atoms with Gasteiger partial charge in [0, 0.05) is 74.4 Å². The molecule has 1 aliphatic heterocycles. The van der Waals surface area contributed by atoms with Crippen molar-refractivity contribution in [2.24, 2.45) is 5.73 Å². The van der Waals surface area contributed by atoms with Crippen LogP contribution in [0.1, 0.15) is 138 Å². The summed E-state index contributed by atoms with van der Waals surface area (Å²) in [4.78, 5) is 130. The van der Waals surface area contributed by atoms with Crippen molar-refractivity contribution in [3.8, 4) is 5.75 Å². The number of carbonyl (C=O) groups excluding carboxylic acids is 9. The number of para-hydroxylation sites is 1. The Morgan fingerprint density at radius 2 is 1.25 bits per heavy atom. The van der Waals surface area contributed by atoms with Crippen molar-refractivity contribution >= 4 is 91.9 Å². The van der Waals surface area contributed by atoms with E-state index in [4.69, 9.17) is 25.4 Å². The number of sulfonamides is 1. The van der Waals surface area contributed by atoms with Crippen molar-refractivity contribution in [2.45, 2.75) is 191 Å². The zero-order valence-electron chi connectivity index (χ0n) is 62.4. The topological polar surface area (TPSA) is 401 Å². The highest BCUT2D eigenvalue weighted by atomic mass is 32.2. The van der Waals surface area contributed by atoms with Crippen molar-refractivity contribution in [1.29, 1.82) is 5.41 Å². The molecule has 7 atom stereocenters. The van der Waals surface area contributed by atoms with E-state index in [1.165, 1.54) is 18.7 Å². The molecule has 5 aromatic carbocycles. The summed E-state index contributed by atoms with van der Waals surface area (Å²) in [7, 11) is -3.10. The molecule has 1 aromatic heterocycles. The number of nitrogens with one attached hydrogen (secondary N) is 12. The molecule has 0 aliphatic carbocycles. The number of hydrogen-bond acceptors (Lipinski definition) is 17. The fourth-order valence-electron chi connectivity index (χ4n) is 13.1. The molecule has 14 N–H and O–H groups in total. The number of amides is 8. The molecule has 0 saturated carbocycles. The minimum Gasteiger partial charge on any atom is -0.487 e. The molecule has 572 valence electrons. The molecule has 106 heavy (non-hydrogen) atoms. The Labute approximate surface area is 624 Å². The molecule has 29 heteroatoms. The van der Waals surface area contributed by atoms with Crippen molar-refractivity contribution in [3.05, 3.63) is 166 Å². The number of esters is 1. The smallest absolute Gasteiger partial charge is 0.325 e. The molecule has 0 spiro atoms. The van der Waals surface area contributed by atoms with Crippen LogP contribution in [-0.2, 0) is 81.0 Å². The third kappa shape index (κ3) is 23.1. The Morgan fingerprint density at radius 3 is 1.84 bits per heavy atom. The summed E-state index contributed by atoms with van der Waals surface area (Å²) in [5.74, 6) is -5.87. The lowest BCUT2D eigenvalue weighted by atomic mass is 9.77. The number of nitrogens with two attached hydrogens (primary N) is 1. The highest BCUT2D eigenvalue weighted by Crippen LogP contribution is 2.44. The summed E-state index contributed by atoms with van der Waals surface area (Å²) in [6.07, 6.45) is 2.19. The Bertz CT molecular complexity index is 4110. The van der Waals surface area contributed by atoms with Crippen LogP contribution in [0.3, 0.4) is 0 Å². The third-order valence-electron chi connectivity index (χ3n) is 18.3. The van der Waals surface area contributed by atoms with Crippen LogP contribution in [0.2, 0.25) is 0 Å². The predicted molar refractivity (Wildman–Crippen MR) is 407 cm³/mol. The molecule has 1 aliphatic rings. The maximum Gasteiger partial charge on any atom is 0.325 e. The quantitative estimate of drug-likeness (QED) is 0.00755. The van der Waals surface area contributed by atoms with Gasteiger partial charge in [0.2, 0.25) is 53.2 Å². The molecule has 0 saturated heterocycles. The summed E-state index contributed by atoms with van der Waals surface area (Å²) in [6, 6.07) is 27.8. The number of aromatic nitrogens is 1. The Balaban J connectivity index is 1.10. The average molecular weight is 1500 g/mol. The number of aromatic amines is 1. The predicted octanol–water partition coefficient (Wildman–Crippen LogP) is 5.43. The summed E-state index contributed by atoms with van der Waals surface area (Å²) in [5, 5.41) is 35.1. The normalized spacial score (nSPS) is 14.6. The van der Waals surface area contributed by atoms with E-state index in [1.54, 1.807) is 60.7 Å². The second-order valence-electron chi connectivity index (χ2n) is 28.1. The van der Waals surface area contributed by atoms with Crippen molar-refractivity contribution < 1.29 is 65.8 Å². The van der Waals surface area contributed by atoms with Gasteiger partial charge in [-0.1, -0.05) is 109 Å². The third-order valence-corrected chi connectivity index (χ3v) is 20.5. The summed E-state index contributed by atoms with van der Waals surface area (Å²) < 4.78 is 47.4. The molecule has 0 radical (unpaired) electrons. The largest absolute Gasteiger partial charge is 0.487 e. The minimum absolute atomic E-state index is 0.0295. The lowest BCUT2D eigenvalue weighted by Crippen LogP contribution is -2.62. The highest BCUT2D eigenvalue weighted by Gasteiger charge is 2.41. The molecule has 27 nitrogen and oxygen atoms in total. The molecule has 2 heterocycles. The van der Waals surface area contributed by atoms with Crippen LogP contribution >= 0.6 is 11.8 Å². The summed E-state index contributed by atoms with van der Waals surface area (Å²) >= 11 is 1.48. The van der Waals surface area contributed by atoms with E-state index in [9.17, 15) is 42.0 Å². The van der Waals surface area contributed by atoms with Crippen molar-refractivity contribution in [3.63, 3.8) is 0 Å². The van der Waals surface area contributed by atoms with Crippen LogP contribution < -0.4 is 63.0 Å². The molecule has 0 unspecified atom stereocenters. The van der Waals surface area contributed by atoms with Gasteiger partial charge in [0.05, 0.1) is 29.8 Å². The van der Waals surface area contributed by atoms with Gasteiger partial charge in [-0.05, 0) is 151 Å². The lowest BCUT2D eigenvalue weighted by Gasteiger charge is -2.37. The van der Waals surface area contributed by atoms with Crippen molar-refractivity contribution in [2.75, 3.05) is 38.8 Å². The summed E-state index contributed by atoms with van der Waals surface area (Å²) in [5.41, 5.74) is 9.00. The first-order chi connectivity index (χ1) is 50.2. The lowest BCUT2D eigenvalue weighted by molar-refractivity contribution is -0.142. The second kappa shape index (κ2) is 37.9. The van der Waals surface area contributed by atoms with Gasteiger partial charge in [0.15, 0.2) is 0 Å². The number of guanidine groups is 1. The number of thioether (sulfide) groups is 1. The van der Waals surface area contributed by atoms with E-state index in [0.29, 0.717) is 57.5 Å². The molecule has 7 rings (SSSR count). The van der Waals surface area contributed by atoms with Crippen LogP contribution in [0.15, 0.2) is 126 Å². The van der Waals surface area contributed by atoms with Gasteiger partial charge < -0.3 is 72.8 Å². The summed E-state index contributed by atoms with van der Waals surface area (Å²) in [6.45, 7) is 16.5. The molecule has 8 amide bonds. The van der Waals surface area contributed by atoms with Crippen LogP contribution in [-0.4, -0.2) is 165 Å². The number of benzene rings is 5. The number of methoxy groups -OCH3 is 1. The number of hydrogen-bond donors (Lipinski definition) is 13. The van der Waals surface area contributed by atoms with E-state index in [1.807, 2.05) is 129 Å². The molecule has 0 bridgehead atoms. The highest BCUT2D eigenvalue weighted by molar-refractivity contribution is 7.98. The van der Waals surface area contributed by atoms with Gasteiger partial charge in [-0.3, -0.25) is 48.6 Å². The first kappa shape index (κ1) is 83.4. The first-order valence-corrected chi connectivity index (χ1v) is 38.3. The number of fused-ring (bicyclic) bond motifs is 2. The van der Waals surface area contributed by atoms with E-state index in [2.05, 4.69) is 57.6 Å². The Kier molecular flexibility index (Phi) is 29.8. The second-order valence-corrected chi connectivity index (χ2v) is 30.7. The molecular weight excluding hydrogens is 1400 g/mol. The number of rotatable bonds is 38. The minimum atomic E-state index is -4.24. The van der Waals surface area contributed by atoms with E-state index >= 15 is 9.59 Å². The zero-order chi connectivity index (χ0) is 77.7. The van der Waals surface area contributed by atoms with E-state index < -0.39 is 135 Å². The van der Waals surface area contributed by atoms with Gasteiger partial charge >= 0.3 is 5.97 Å². The Morgan fingerprint density at radius 1 is 0.689 bits per heavy atom. The average Bonchev–Trinajstić information content (AvgIpc) is 1.52. The SMILES string of the molecule is COC(=O)CNC(=O)[C@H](CCC(=O)NC(c1ccccc1)(c1ccccc1)c1ccccc1)NC(=O)[C@H](Cc1c[nH]c2ccccc12)NC(=O)[C@@H](NC(=O)[C@H](CCC(N)=O)NC[C@H](CCSC)NC(=O)[C@@H](CCCNC(=N)NS(=O)(=O)c1c(C)c(C)c2c(c1C)CC(C)(C)O2)NC(C)=O)[C@@H](C)OC(C)(C)C. The molecular formula is C77H103N13O14S2. The maximum absolute atomic E-state index is 15.3. The van der Waals surface area contributed by atoms with Crippen LogP contribution in [0, 0.1) is 26.2 Å². The number of ether oxygens (including phenoxy) is 3. The van der Waals surface area contributed by atoms with Crippen LogP contribution in [0.4, 0.5) is 0 Å². The van der Waals surface area contributed by atoms with E-state index in [0.717, 1.165) is 29.4 Å². The molecule has 0 fully saturated rings. The monoisotopic (exact) mass is 1500 g/mol. The van der Waals surface area contributed by atoms with E-state index in [-0.39, 0.29) is 62.9 Å². The number of primary amides is 1. The van der Waals surface area contributed by atoms with Gasteiger partial charge in [-0.2, -0.15) is 11.8 Å². The first-order valence-electron chi connectivity index (χ1n) is 35.4. The van der Waals surface area contributed by atoms with Crippen LogP contribution in [0.25, 0.3) is 10.9 Å². The van der Waals surface area contributed by atoms with Crippen molar-refractivity contribution in [1.82, 2.24) is 57.6 Å². The molecule has 6 aromatic rings. The van der Waals surface area contributed by atoms with Gasteiger partial charge in [0.1, 0.15) is 47.6 Å². The fourth-order valence-corrected chi connectivity index (χ4v) is 15.1. The maximum atomic E-state index is 15.3. The Hall–Kier alpha value is -9.84. The van der Waals surface area contributed by atoms with Crippen LogP contribution in [0.5, 0.6) is 5.75 Å².